The Morgan fingerprint density at radius 2 is 2.09 bits per heavy atom. The summed E-state index contributed by atoms with van der Waals surface area (Å²) in [6.45, 7) is 4.46. The van der Waals surface area contributed by atoms with Gasteiger partial charge in [-0.1, -0.05) is 18.2 Å². The van der Waals surface area contributed by atoms with Gasteiger partial charge in [0, 0.05) is 12.7 Å². The first-order chi connectivity index (χ1) is 10.6. The number of rotatable bonds is 2. The van der Waals surface area contributed by atoms with E-state index in [0.29, 0.717) is 16.8 Å². The van der Waals surface area contributed by atoms with Crippen molar-refractivity contribution in [2.75, 3.05) is 0 Å². The maximum atomic E-state index is 12.2. The zero-order chi connectivity index (χ0) is 15.7. The van der Waals surface area contributed by atoms with Crippen LogP contribution in [0.1, 0.15) is 16.7 Å². The first-order valence-electron chi connectivity index (χ1n) is 6.87. The smallest absolute Gasteiger partial charge is 0.333 e. The molecule has 0 atom stereocenters. The van der Waals surface area contributed by atoms with Crippen LogP contribution in [0.5, 0.6) is 0 Å². The van der Waals surface area contributed by atoms with Gasteiger partial charge in [-0.2, -0.15) is 3.96 Å². The maximum Gasteiger partial charge on any atom is 0.338 e. The zero-order valence-corrected chi connectivity index (χ0v) is 13.1. The topological polar surface area (TPSA) is 64.0 Å². The van der Waals surface area contributed by atoms with Crippen LogP contribution in [0.4, 0.5) is 4.79 Å². The summed E-state index contributed by atoms with van der Waals surface area (Å²) in [5, 5.41) is 3.24. The molecule has 0 radical (unpaired) electrons. The van der Waals surface area contributed by atoms with E-state index in [-0.39, 0.29) is 5.56 Å². The van der Waals surface area contributed by atoms with E-state index in [2.05, 4.69) is 10.3 Å². The summed E-state index contributed by atoms with van der Waals surface area (Å²) in [6.07, 6.45) is 1.61. The summed E-state index contributed by atoms with van der Waals surface area (Å²) < 4.78 is 1.11. The number of fused-ring (bicyclic) bond motifs is 1. The van der Waals surface area contributed by atoms with Crippen molar-refractivity contribution >= 4 is 27.8 Å². The van der Waals surface area contributed by atoms with E-state index < -0.39 is 6.03 Å². The molecule has 6 heteroatoms. The van der Waals surface area contributed by atoms with Crippen LogP contribution in [0.15, 0.2) is 41.3 Å². The van der Waals surface area contributed by atoms with Gasteiger partial charge in [0.2, 0.25) is 0 Å². The van der Waals surface area contributed by atoms with Crippen LogP contribution in [0.25, 0.3) is 10.2 Å². The predicted octanol–water partition coefficient (Wildman–Crippen LogP) is 2.83. The highest BCUT2D eigenvalue weighted by molar-refractivity contribution is 7.14. The van der Waals surface area contributed by atoms with Gasteiger partial charge in [0.15, 0.2) is 0 Å². The highest BCUT2D eigenvalue weighted by atomic mass is 32.1. The molecule has 2 aromatic heterocycles. The summed E-state index contributed by atoms with van der Waals surface area (Å²) >= 11 is 1.05. The van der Waals surface area contributed by atoms with E-state index in [4.69, 9.17) is 0 Å². The Balaban J connectivity index is 1.80. The van der Waals surface area contributed by atoms with Gasteiger partial charge in [-0.3, -0.25) is 4.79 Å². The minimum absolute atomic E-state index is 0.328. The Bertz CT molecular complexity index is 911. The molecule has 0 saturated heterocycles. The second-order valence-corrected chi connectivity index (χ2v) is 6.06. The first-order valence-corrected chi connectivity index (χ1v) is 7.65. The van der Waals surface area contributed by atoms with Gasteiger partial charge in [0.1, 0.15) is 4.83 Å². The summed E-state index contributed by atoms with van der Waals surface area (Å²) in [6, 6.07) is 8.96. The van der Waals surface area contributed by atoms with Gasteiger partial charge in [0.05, 0.1) is 5.39 Å². The SMILES string of the molecule is Cc1ccc(CNC(=O)n2sc3ncccc3c2=O)cc1C. The third-order valence-electron chi connectivity index (χ3n) is 3.56. The Kier molecular flexibility index (Phi) is 3.77. The van der Waals surface area contributed by atoms with Crippen LogP contribution < -0.4 is 10.9 Å². The van der Waals surface area contributed by atoms with Crippen molar-refractivity contribution in [3.63, 3.8) is 0 Å². The van der Waals surface area contributed by atoms with Crippen LogP contribution in [0, 0.1) is 13.8 Å². The third-order valence-corrected chi connectivity index (χ3v) is 4.58. The number of carbonyl (C=O) groups excluding carboxylic acids is 1. The molecule has 0 unspecified atom stereocenters. The summed E-state index contributed by atoms with van der Waals surface area (Å²) in [5.74, 6) is 0. The maximum absolute atomic E-state index is 12.2. The largest absolute Gasteiger partial charge is 0.338 e. The molecule has 5 nitrogen and oxygen atoms in total. The fraction of sp³-hybridized carbons (Fsp3) is 0.188. The van der Waals surface area contributed by atoms with Crippen LogP contribution in [0.2, 0.25) is 0 Å². The Morgan fingerprint density at radius 3 is 2.82 bits per heavy atom. The minimum Gasteiger partial charge on any atom is -0.333 e. The van der Waals surface area contributed by atoms with Crippen LogP contribution in [0.3, 0.4) is 0 Å². The standard InChI is InChI=1S/C16H15N3O2S/c1-10-5-6-12(8-11(10)2)9-18-16(21)19-15(20)13-4-3-7-17-14(13)22-19/h3-8H,9H2,1-2H3,(H,18,21). The Morgan fingerprint density at radius 1 is 1.27 bits per heavy atom. The number of hydrogen-bond donors (Lipinski definition) is 1. The fourth-order valence-corrected chi connectivity index (χ4v) is 3.02. The molecule has 0 aliphatic heterocycles. The van der Waals surface area contributed by atoms with Gasteiger partial charge in [-0.05, 0) is 54.2 Å². The van der Waals surface area contributed by atoms with Crippen molar-refractivity contribution in [2.24, 2.45) is 0 Å². The molecule has 2 heterocycles. The minimum atomic E-state index is -0.425. The number of pyridine rings is 1. The third kappa shape index (κ3) is 2.65. The predicted molar refractivity (Wildman–Crippen MR) is 87.4 cm³/mol. The number of aryl methyl sites for hydroxylation is 2. The molecule has 1 amide bonds. The first kappa shape index (κ1) is 14.5. The number of nitrogens with zero attached hydrogens (tertiary/aromatic N) is 2. The fourth-order valence-electron chi connectivity index (χ4n) is 2.16. The summed E-state index contributed by atoms with van der Waals surface area (Å²) in [5.41, 5.74) is 3.06. The van der Waals surface area contributed by atoms with E-state index in [1.807, 2.05) is 32.0 Å². The van der Waals surface area contributed by atoms with Crippen molar-refractivity contribution in [1.82, 2.24) is 14.3 Å². The molecule has 3 aromatic rings. The molecule has 0 saturated carbocycles. The quantitative estimate of drug-likeness (QED) is 0.791. The molecular formula is C16H15N3O2S. The molecule has 0 fully saturated rings. The molecule has 0 bridgehead atoms. The van der Waals surface area contributed by atoms with Crippen molar-refractivity contribution in [3.8, 4) is 0 Å². The van der Waals surface area contributed by atoms with Gasteiger partial charge < -0.3 is 5.32 Å². The van der Waals surface area contributed by atoms with Crippen molar-refractivity contribution in [3.05, 3.63) is 63.6 Å². The van der Waals surface area contributed by atoms with E-state index in [1.165, 1.54) is 11.1 Å². The second kappa shape index (κ2) is 5.73. The highest BCUT2D eigenvalue weighted by Gasteiger charge is 2.13. The Hall–Kier alpha value is -2.47. The van der Waals surface area contributed by atoms with Crippen molar-refractivity contribution < 1.29 is 4.79 Å². The molecule has 0 spiro atoms. The molecule has 22 heavy (non-hydrogen) atoms. The lowest BCUT2D eigenvalue weighted by atomic mass is 10.1. The number of amides is 1. The lowest BCUT2D eigenvalue weighted by Crippen LogP contribution is -2.32. The number of carbonyl (C=O) groups is 1. The van der Waals surface area contributed by atoms with E-state index in [9.17, 15) is 9.59 Å². The summed E-state index contributed by atoms with van der Waals surface area (Å²) in [7, 11) is 0. The number of aromatic nitrogens is 2. The van der Waals surface area contributed by atoms with E-state index in [0.717, 1.165) is 21.1 Å². The number of nitrogens with one attached hydrogen (secondary N) is 1. The monoisotopic (exact) mass is 313 g/mol. The van der Waals surface area contributed by atoms with Crippen LogP contribution in [-0.4, -0.2) is 15.0 Å². The highest BCUT2D eigenvalue weighted by Crippen LogP contribution is 2.13. The lowest BCUT2D eigenvalue weighted by molar-refractivity contribution is 0.243. The summed E-state index contributed by atoms with van der Waals surface area (Å²) in [4.78, 5) is 29.0. The van der Waals surface area contributed by atoms with Crippen molar-refractivity contribution in [2.45, 2.75) is 20.4 Å². The zero-order valence-electron chi connectivity index (χ0n) is 12.3. The van der Waals surface area contributed by atoms with Crippen molar-refractivity contribution in [1.29, 1.82) is 0 Å². The molecule has 0 aliphatic rings. The van der Waals surface area contributed by atoms with Crippen LogP contribution >= 0.6 is 11.5 Å². The number of benzene rings is 1. The molecule has 0 aliphatic carbocycles. The van der Waals surface area contributed by atoms with E-state index in [1.54, 1.807) is 18.3 Å². The Labute approximate surface area is 131 Å². The molecular weight excluding hydrogens is 298 g/mol. The van der Waals surface area contributed by atoms with Gasteiger partial charge in [-0.25, -0.2) is 9.78 Å². The second-order valence-electron chi connectivity index (χ2n) is 5.12. The number of hydrogen-bond acceptors (Lipinski definition) is 4. The average Bonchev–Trinajstić information content (AvgIpc) is 2.86. The molecule has 112 valence electrons. The van der Waals surface area contributed by atoms with Gasteiger partial charge >= 0.3 is 6.03 Å². The lowest BCUT2D eigenvalue weighted by Gasteiger charge is -2.07. The van der Waals surface area contributed by atoms with E-state index >= 15 is 0 Å². The molecule has 1 N–H and O–H groups in total. The van der Waals surface area contributed by atoms with Gasteiger partial charge in [0.25, 0.3) is 5.56 Å². The molecule has 1 aromatic carbocycles. The van der Waals surface area contributed by atoms with Crippen LogP contribution in [-0.2, 0) is 6.54 Å². The van der Waals surface area contributed by atoms with Gasteiger partial charge in [-0.15, -0.1) is 0 Å². The average molecular weight is 313 g/mol. The molecule has 3 rings (SSSR count). The normalized spacial score (nSPS) is 10.8.